The van der Waals surface area contributed by atoms with Crippen molar-refractivity contribution in [2.45, 2.75) is 37.0 Å². The van der Waals surface area contributed by atoms with Gasteiger partial charge in [-0.3, -0.25) is 0 Å². The standard InChI is InChI=1S/C21H18F3N3O/c22-21(23,24)16-7-5-15(6-8-16)18-17-4-2-1-3-14(17)9-12-27(18)19(28)26-20(13-25)10-11-20/h1-8,18H,9-12H2,(H,26,28)/t18-/m1/s1. The average Bonchev–Trinajstić information content (AvgIpc) is 3.46. The lowest BCUT2D eigenvalue weighted by atomic mass is 9.88. The van der Waals surface area contributed by atoms with E-state index in [4.69, 9.17) is 0 Å². The molecular formula is C21H18F3N3O. The molecule has 2 amide bonds. The van der Waals surface area contributed by atoms with Crippen LogP contribution in [0.4, 0.5) is 18.0 Å². The van der Waals surface area contributed by atoms with Gasteiger partial charge >= 0.3 is 12.2 Å². The third-order valence-corrected chi connectivity index (χ3v) is 5.41. The van der Waals surface area contributed by atoms with E-state index in [1.807, 2.05) is 24.3 Å². The van der Waals surface area contributed by atoms with Crippen LogP contribution in [-0.2, 0) is 12.6 Å². The number of carbonyl (C=O) groups is 1. The molecule has 4 nitrogen and oxygen atoms in total. The first-order valence-electron chi connectivity index (χ1n) is 9.08. The predicted molar refractivity (Wildman–Crippen MR) is 96.2 cm³/mol. The summed E-state index contributed by atoms with van der Waals surface area (Å²) in [6.07, 6.45) is -2.53. The molecule has 1 atom stereocenters. The maximum Gasteiger partial charge on any atom is 0.416 e. The Bertz CT molecular complexity index is 943. The van der Waals surface area contributed by atoms with E-state index in [9.17, 15) is 23.2 Å². The molecule has 0 bridgehead atoms. The minimum absolute atomic E-state index is 0.363. The van der Waals surface area contributed by atoms with E-state index < -0.39 is 23.3 Å². The summed E-state index contributed by atoms with van der Waals surface area (Å²) in [7, 11) is 0. The van der Waals surface area contributed by atoms with Crippen LogP contribution in [0.5, 0.6) is 0 Å². The van der Waals surface area contributed by atoms with Crippen molar-refractivity contribution >= 4 is 6.03 Å². The number of hydrogen-bond donors (Lipinski definition) is 1. The summed E-state index contributed by atoms with van der Waals surface area (Å²) in [6, 6.07) is 13.8. The van der Waals surface area contributed by atoms with Crippen LogP contribution in [0.15, 0.2) is 48.5 Å². The number of urea groups is 1. The molecule has 2 aromatic rings. The van der Waals surface area contributed by atoms with E-state index in [0.717, 1.165) is 23.3 Å². The number of nitriles is 1. The van der Waals surface area contributed by atoms with Crippen molar-refractivity contribution in [3.05, 3.63) is 70.8 Å². The minimum Gasteiger partial charge on any atom is -0.319 e. The van der Waals surface area contributed by atoms with Crippen LogP contribution in [0.3, 0.4) is 0 Å². The Morgan fingerprint density at radius 3 is 2.43 bits per heavy atom. The fourth-order valence-corrected chi connectivity index (χ4v) is 3.67. The number of benzene rings is 2. The van der Waals surface area contributed by atoms with Gasteiger partial charge in [0.2, 0.25) is 0 Å². The Kier molecular flexibility index (Phi) is 4.30. The lowest BCUT2D eigenvalue weighted by molar-refractivity contribution is -0.137. The zero-order valence-corrected chi connectivity index (χ0v) is 15.0. The summed E-state index contributed by atoms with van der Waals surface area (Å²) in [6.45, 7) is 0.427. The zero-order valence-electron chi connectivity index (χ0n) is 15.0. The predicted octanol–water partition coefficient (Wildman–Crippen LogP) is 4.42. The number of nitrogens with one attached hydrogen (secondary N) is 1. The van der Waals surface area contributed by atoms with Crippen molar-refractivity contribution in [1.82, 2.24) is 10.2 Å². The van der Waals surface area contributed by atoms with Crippen LogP contribution in [0.25, 0.3) is 0 Å². The Morgan fingerprint density at radius 1 is 1.14 bits per heavy atom. The average molecular weight is 385 g/mol. The summed E-state index contributed by atoms with van der Waals surface area (Å²) in [5.41, 5.74) is 1.04. The normalized spacial score (nSPS) is 20.1. The van der Waals surface area contributed by atoms with Crippen molar-refractivity contribution in [2.75, 3.05) is 6.54 Å². The van der Waals surface area contributed by atoms with Crippen molar-refractivity contribution in [1.29, 1.82) is 5.26 Å². The molecule has 0 spiro atoms. The van der Waals surface area contributed by atoms with Gasteiger partial charge in [0.25, 0.3) is 0 Å². The second kappa shape index (κ2) is 6.55. The highest BCUT2D eigenvalue weighted by Gasteiger charge is 2.46. The van der Waals surface area contributed by atoms with E-state index in [-0.39, 0.29) is 6.03 Å². The van der Waals surface area contributed by atoms with Crippen molar-refractivity contribution in [3.8, 4) is 6.07 Å². The molecular weight excluding hydrogens is 367 g/mol. The maximum atomic E-state index is 12.9. The molecule has 1 saturated carbocycles. The lowest BCUT2D eigenvalue weighted by Gasteiger charge is -2.38. The fourth-order valence-electron chi connectivity index (χ4n) is 3.67. The van der Waals surface area contributed by atoms with Gasteiger partial charge in [-0.15, -0.1) is 0 Å². The minimum atomic E-state index is -4.41. The van der Waals surface area contributed by atoms with Crippen LogP contribution in [-0.4, -0.2) is 23.0 Å². The number of fused-ring (bicyclic) bond motifs is 1. The van der Waals surface area contributed by atoms with Gasteiger partial charge in [-0.2, -0.15) is 18.4 Å². The highest BCUT2D eigenvalue weighted by Crippen LogP contribution is 2.39. The lowest BCUT2D eigenvalue weighted by Crippen LogP contribution is -2.49. The largest absolute Gasteiger partial charge is 0.416 e. The van der Waals surface area contributed by atoms with Crippen LogP contribution < -0.4 is 5.32 Å². The Hall–Kier alpha value is -3.01. The summed E-state index contributed by atoms with van der Waals surface area (Å²) in [4.78, 5) is 14.5. The quantitative estimate of drug-likeness (QED) is 0.832. The Morgan fingerprint density at radius 2 is 1.82 bits per heavy atom. The molecule has 28 heavy (non-hydrogen) atoms. The third kappa shape index (κ3) is 3.31. The van der Waals surface area contributed by atoms with Crippen molar-refractivity contribution < 1.29 is 18.0 Å². The number of alkyl halides is 3. The summed E-state index contributed by atoms with van der Waals surface area (Å²) in [5, 5.41) is 12.1. The first kappa shape index (κ1) is 18.4. The highest BCUT2D eigenvalue weighted by molar-refractivity contribution is 5.78. The number of nitrogens with zero attached hydrogens (tertiary/aromatic N) is 2. The van der Waals surface area contributed by atoms with E-state index >= 15 is 0 Å². The first-order chi connectivity index (χ1) is 13.3. The van der Waals surface area contributed by atoms with Gasteiger partial charge in [-0.1, -0.05) is 36.4 Å². The second-order valence-corrected chi connectivity index (χ2v) is 7.29. The topological polar surface area (TPSA) is 56.1 Å². The van der Waals surface area contributed by atoms with Gasteiger partial charge in [0.05, 0.1) is 17.7 Å². The van der Waals surface area contributed by atoms with E-state index in [2.05, 4.69) is 11.4 Å². The van der Waals surface area contributed by atoms with Crippen LogP contribution in [0.2, 0.25) is 0 Å². The highest BCUT2D eigenvalue weighted by atomic mass is 19.4. The molecule has 2 aliphatic rings. The fraction of sp³-hybridized carbons (Fsp3) is 0.333. The summed E-state index contributed by atoms with van der Waals surface area (Å²) < 4.78 is 38.8. The smallest absolute Gasteiger partial charge is 0.319 e. The van der Waals surface area contributed by atoms with E-state index in [1.165, 1.54) is 12.1 Å². The van der Waals surface area contributed by atoms with Crippen LogP contribution >= 0.6 is 0 Å². The van der Waals surface area contributed by atoms with Gasteiger partial charge in [-0.25, -0.2) is 4.79 Å². The third-order valence-electron chi connectivity index (χ3n) is 5.41. The molecule has 1 aliphatic heterocycles. The Balaban J connectivity index is 1.70. The molecule has 4 rings (SSSR count). The van der Waals surface area contributed by atoms with Gasteiger partial charge < -0.3 is 10.2 Å². The van der Waals surface area contributed by atoms with Gasteiger partial charge in [-0.05, 0) is 48.1 Å². The maximum absolute atomic E-state index is 12.9. The van der Waals surface area contributed by atoms with Crippen molar-refractivity contribution in [2.24, 2.45) is 0 Å². The molecule has 1 fully saturated rings. The molecule has 0 radical (unpaired) electrons. The molecule has 7 heteroatoms. The number of amides is 2. The number of halogens is 3. The SMILES string of the molecule is N#CC1(NC(=O)N2CCc3ccccc3[C@H]2c2ccc(C(F)(F)F)cc2)CC1. The molecule has 1 aliphatic carbocycles. The summed E-state index contributed by atoms with van der Waals surface area (Å²) >= 11 is 0. The molecule has 1 N–H and O–H groups in total. The monoisotopic (exact) mass is 385 g/mol. The van der Waals surface area contributed by atoms with Gasteiger partial charge in [0.15, 0.2) is 0 Å². The van der Waals surface area contributed by atoms with E-state index in [1.54, 1.807) is 4.90 Å². The zero-order chi connectivity index (χ0) is 19.9. The molecule has 2 aromatic carbocycles. The van der Waals surface area contributed by atoms with Gasteiger partial charge in [0, 0.05) is 6.54 Å². The summed E-state index contributed by atoms with van der Waals surface area (Å²) in [5.74, 6) is 0. The molecule has 0 aromatic heterocycles. The number of hydrogen-bond acceptors (Lipinski definition) is 2. The van der Waals surface area contributed by atoms with E-state index in [0.29, 0.717) is 31.4 Å². The molecule has 1 heterocycles. The first-order valence-corrected chi connectivity index (χ1v) is 9.08. The van der Waals surface area contributed by atoms with Gasteiger partial charge in [0.1, 0.15) is 5.54 Å². The van der Waals surface area contributed by atoms with Crippen LogP contribution in [0, 0.1) is 11.3 Å². The van der Waals surface area contributed by atoms with Crippen molar-refractivity contribution in [3.63, 3.8) is 0 Å². The number of carbonyl (C=O) groups excluding carboxylic acids is 1. The molecule has 0 saturated heterocycles. The number of rotatable bonds is 2. The van der Waals surface area contributed by atoms with Crippen LogP contribution in [0.1, 0.15) is 41.1 Å². The molecule has 144 valence electrons. The Labute approximate surface area is 160 Å². The molecule has 0 unspecified atom stereocenters. The second-order valence-electron chi connectivity index (χ2n) is 7.29.